The highest BCUT2D eigenvalue weighted by Crippen LogP contribution is 2.24. The first kappa shape index (κ1) is 19.0. The zero-order chi connectivity index (χ0) is 15.1. The van der Waals surface area contributed by atoms with Gasteiger partial charge in [-0.05, 0) is 49.8 Å². The molecule has 5 nitrogen and oxygen atoms in total. The number of nitrogens with zero attached hydrogens (tertiary/aromatic N) is 2. The number of nitrogens with one attached hydrogen (secondary N) is 2. The molecule has 0 bridgehead atoms. The Morgan fingerprint density at radius 1 is 1.41 bits per heavy atom. The summed E-state index contributed by atoms with van der Waals surface area (Å²) in [4.78, 5) is 12.1. The van der Waals surface area contributed by atoms with Gasteiger partial charge in [0.2, 0.25) is 5.91 Å². The lowest BCUT2D eigenvalue weighted by Gasteiger charge is -2.28. The molecule has 1 aliphatic rings. The number of rotatable bonds is 7. The summed E-state index contributed by atoms with van der Waals surface area (Å²) in [6.07, 6.45) is 6.79. The molecule has 22 heavy (non-hydrogen) atoms. The maximum atomic E-state index is 12.1. The van der Waals surface area contributed by atoms with Crippen molar-refractivity contribution in [3.05, 3.63) is 18.5 Å². The third-order valence-corrected chi connectivity index (χ3v) is 4.40. The standard InChI is InChI=1S/C16H28N4O.ClH/c1-13(12-20-9-3-6-19-20)11-18-16(21)10-14(2)15-4-7-17-8-5-15;/h3,6,9,13-15,17H,4-5,7-8,10-12H2,1-2H3,(H,18,21);1H. The molecule has 0 aliphatic carbocycles. The summed E-state index contributed by atoms with van der Waals surface area (Å²) in [6, 6.07) is 1.92. The van der Waals surface area contributed by atoms with Crippen molar-refractivity contribution in [1.82, 2.24) is 20.4 Å². The molecule has 2 unspecified atom stereocenters. The number of hydrogen-bond acceptors (Lipinski definition) is 3. The zero-order valence-electron chi connectivity index (χ0n) is 13.6. The highest BCUT2D eigenvalue weighted by Gasteiger charge is 2.22. The van der Waals surface area contributed by atoms with E-state index in [2.05, 4.69) is 29.6 Å². The summed E-state index contributed by atoms with van der Waals surface area (Å²) in [5.41, 5.74) is 0. The van der Waals surface area contributed by atoms with E-state index in [4.69, 9.17) is 0 Å². The Kier molecular flexibility index (Phi) is 8.49. The van der Waals surface area contributed by atoms with E-state index < -0.39 is 0 Å². The first-order valence-electron chi connectivity index (χ1n) is 8.10. The number of amides is 1. The average Bonchev–Trinajstić information content (AvgIpc) is 2.99. The normalized spacial score (nSPS) is 18.3. The van der Waals surface area contributed by atoms with Crippen LogP contribution >= 0.6 is 12.4 Å². The fraction of sp³-hybridized carbons (Fsp3) is 0.750. The van der Waals surface area contributed by atoms with Crippen LogP contribution in [0.15, 0.2) is 18.5 Å². The highest BCUT2D eigenvalue weighted by atomic mass is 35.5. The Morgan fingerprint density at radius 3 is 2.77 bits per heavy atom. The second-order valence-corrected chi connectivity index (χ2v) is 6.41. The van der Waals surface area contributed by atoms with Crippen LogP contribution in [-0.2, 0) is 11.3 Å². The van der Waals surface area contributed by atoms with Crippen LogP contribution in [0.2, 0.25) is 0 Å². The third-order valence-electron chi connectivity index (χ3n) is 4.40. The van der Waals surface area contributed by atoms with Crippen LogP contribution in [0.5, 0.6) is 0 Å². The van der Waals surface area contributed by atoms with Crippen molar-refractivity contribution in [3.63, 3.8) is 0 Å². The van der Waals surface area contributed by atoms with Crippen LogP contribution in [0.3, 0.4) is 0 Å². The Morgan fingerprint density at radius 2 is 2.14 bits per heavy atom. The van der Waals surface area contributed by atoms with Gasteiger partial charge in [-0.25, -0.2) is 0 Å². The van der Waals surface area contributed by atoms with Crippen molar-refractivity contribution in [2.75, 3.05) is 19.6 Å². The fourth-order valence-electron chi connectivity index (χ4n) is 3.02. The Bertz CT molecular complexity index is 418. The Hall–Kier alpha value is -1.07. The van der Waals surface area contributed by atoms with E-state index in [1.165, 1.54) is 12.8 Å². The molecule has 1 fully saturated rings. The number of carbonyl (C=O) groups excluding carboxylic acids is 1. The number of halogens is 1. The lowest BCUT2D eigenvalue weighted by atomic mass is 9.84. The molecule has 0 aromatic carbocycles. The maximum Gasteiger partial charge on any atom is 0.220 e. The molecule has 1 aromatic heterocycles. The van der Waals surface area contributed by atoms with Gasteiger partial charge in [-0.1, -0.05) is 13.8 Å². The molecule has 126 valence electrons. The topological polar surface area (TPSA) is 59.0 Å². The van der Waals surface area contributed by atoms with Crippen molar-refractivity contribution in [1.29, 1.82) is 0 Å². The van der Waals surface area contributed by atoms with Gasteiger partial charge in [0.15, 0.2) is 0 Å². The van der Waals surface area contributed by atoms with Gasteiger partial charge in [0.25, 0.3) is 0 Å². The Labute approximate surface area is 139 Å². The van der Waals surface area contributed by atoms with Crippen molar-refractivity contribution >= 4 is 18.3 Å². The molecule has 1 aliphatic heterocycles. The van der Waals surface area contributed by atoms with Gasteiger partial charge in [0.1, 0.15) is 0 Å². The van der Waals surface area contributed by atoms with E-state index in [9.17, 15) is 4.79 Å². The zero-order valence-corrected chi connectivity index (χ0v) is 14.4. The van der Waals surface area contributed by atoms with Crippen LogP contribution in [0.25, 0.3) is 0 Å². The quantitative estimate of drug-likeness (QED) is 0.805. The first-order chi connectivity index (χ1) is 10.1. The summed E-state index contributed by atoms with van der Waals surface area (Å²) in [6.45, 7) is 8.10. The minimum absolute atomic E-state index is 0. The average molecular weight is 329 g/mol. The van der Waals surface area contributed by atoms with Crippen LogP contribution < -0.4 is 10.6 Å². The molecule has 6 heteroatoms. The molecule has 0 spiro atoms. The smallest absolute Gasteiger partial charge is 0.220 e. The number of carbonyl (C=O) groups is 1. The van der Waals surface area contributed by atoms with E-state index in [-0.39, 0.29) is 18.3 Å². The van der Waals surface area contributed by atoms with Crippen LogP contribution in [0, 0.1) is 17.8 Å². The lowest BCUT2D eigenvalue weighted by molar-refractivity contribution is -0.122. The molecule has 1 amide bonds. The SMILES string of the molecule is CC(CNC(=O)CC(C)C1CCNCC1)Cn1cccn1.Cl. The lowest BCUT2D eigenvalue weighted by Crippen LogP contribution is -2.35. The Balaban J connectivity index is 0.00000242. The van der Waals surface area contributed by atoms with Crippen LogP contribution in [-0.4, -0.2) is 35.3 Å². The van der Waals surface area contributed by atoms with Gasteiger partial charge in [-0.15, -0.1) is 12.4 Å². The van der Waals surface area contributed by atoms with Crippen molar-refractivity contribution in [2.24, 2.45) is 17.8 Å². The maximum absolute atomic E-state index is 12.1. The number of hydrogen-bond donors (Lipinski definition) is 2. The van der Waals surface area contributed by atoms with Crippen LogP contribution in [0.4, 0.5) is 0 Å². The second-order valence-electron chi connectivity index (χ2n) is 6.41. The second kappa shape index (κ2) is 9.85. The van der Waals surface area contributed by atoms with Crippen molar-refractivity contribution in [2.45, 2.75) is 39.7 Å². The van der Waals surface area contributed by atoms with Gasteiger partial charge >= 0.3 is 0 Å². The van der Waals surface area contributed by atoms with E-state index >= 15 is 0 Å². The largest absolute Gasteiger partial charge is 0.356 e. The molecule has 0 saturated carbocycles. The molecule has 1 saturated heterocycles. The third kappa shape index (κ3) is 6.36. The molecular formula is C16H29ClN4O. The first-order valence-corrected chi connectivity index (χ1v) is 8.10. The molecule has 2 N–H and O–H groups in total. The summed E-state index contributed by atoms with van der Waals surface area (Å²) in [5, 5.41) is 10.6. The predicted octanol–water partition coefficient (Wildman–Crippen LogP) is 2.08. The predicted molar refractivity (Wildman–Crippen MR) is 91.0 cm³/mol. The minimum Gasteiger partial charge on any atom is -0.356 e. The van der Waals surface area contributed by atoms with E-state index in [0.29, 0.717) is 24.2 Å². The molecule has 2 atom stereocenters. The van der Waals surface area contributed by atoms with Gasteiger partial charge < -0.3 is 10.6 Å². The van der Waals surface area contributed by atoms with Gasteiger partial charge in [0.05, 0.1) is 0 Å². The van der Waals surface area contributed by atoms with Crippen molar-refractivity contribution < 1.29 is 4.79 Å². The minimum atomic E-state index is 0. The van der Waals surface area contributed by atoms with Gasteiger partial charge in [-0.2, -0.15) is 5.10 Å². The van der Waals surface area contributed by atoms with Gasteiger partial charge in [-0.3, -0.25) is 9.48 Å². The molecule has 0 radical (unpaired) electrons. The van der Waals surface area contributed by atoms with E-state index in [1.54, 1.807) is 6.20 Å². The molecule has 2 rings (SSSR count). The summed E-state index contributed by atoms with van der Waals surface area (Å²) in [7, 11) is 0. The summed E-state index contributed by atoms with van der Waals surface area (Å²) in [5.74, 6) is 1.75. The number of aromatic nitrogens is 2. The molecule has 1 aromatic rings. The van der Waals surface area contributed by atoms with Gasteiger partial charge in [0, 0.05) is 31.9 Å². The molecular weight excluding hydrogens is 300 g/mol. The van der Waals surface area contributed by atoms with E-state index in [0.717, 1.165) is 26.2 Å². The van der Waals surface area contributed by atoms with Crippen LogP contribution in [0.1, 0.15) is 33.1 Å². The van der Waals surface area contributed by atoms with Crippen molar-refractivity contribution in [3.8, 4) is 0 Å². The summed E-state index contributed by atoms with van der Waals surface area (Å²) >= 11 is 0. The summed E-state index contributed by atoms with van der Waals surface area (Å²) < 4.78 is 1.91. The molecule has 2 heterocycles. The monoisotopic (exact) mass is 328 g/mol. The number of piperidine rings is 1. The van der Waals surface area contributed by atoms with E-state index in [1.807, 2.05) is 16.9 Å². The fourth-order valence-corrected chi connectivity index (χ4v) is 3.02. The highest BCUT2D eigenvalue weighted by molar-refractivity contribution is 5.85.